The Hall–Kier alpha value is -1.51. The van der Waals surface area contributed by atoms with Gasteiger partial charge in [0.2, 0.25) is 0 Å². The van der Waals surface area contributed by atoms with Crippen LogP contribution in [0.5, 0.6) is 5.75 Å². The number of benzene rings is 1. The van der Waals surface area contributed by atoms with Crippen LogP contribution in [0.1, 0.15) is 43.0 Å². The van der Waals surface area contributed by atoms with Crippen molar-refractivity contribution in [3.8, 4) is 5.75 Å². The number of rotatable bonds is 8. The zero-order valence-electron chi connectivity index (χ0n) is 13.9. The van der Waals surface area contributed by atoms with E-state index in [9.17, 15) is 4.79 Å². The summed E-state index contributed by atoms with van der Waals surface area (Å²) < 4.78 is 6.59. The number of nitrogens with one attached hydrogen (secondary N) is 2. The number of hydrogen-bond acceptors (Lipinski definition) is 5. The van der Waals surface area contributed by atoms with Crippen LogP contribution in [0.2, 0.25) is 0 Å². The Morgan fingerprint density at radius 1 is 1.36 bits per heavy atom. The number of ether oxygens (including phenoxy) is 1. The van der Waals surface area contributed by atoms with Gasteiger partial charge in [0.1, 0.15) is 5.75 Å². The predicted molar refractivity (Wildman–Crippen MR) is 110 cm³/mol. The maximum Gasteiger partial charge on any atom is 0.261 e. The van der Waals surface area contributed by atoms with Crippen LogP contribution in [0.25, 0.3) is 0 Å². The number of carbonyl (C=O) groups excluding carboxylic acids is 1. The van der Waals surface area contributed by atoms with Crippen LogP contribution >= 0.6 is 39.5 Å². The van der Waals surface area contributed by atoms with E-state index < -0.39 is 0 Å². The third kappa shape index (κ3) is 6.72. The maximum absolute atomic E-state index is 12.5. The molecule has 2 rings (SSSR count). The standard InChI is InChI=1S/C17H20BrN3O2S2/c1-2-3-4-5-9-23-14-7-6-12(18)11-13(14)15(22)20-16(24)21-17-19-8-10-25-17/h6-8,10-11H,2-5,9H2,1H3,(H2,19,20,21,22,24). The topological polar surface area (TPSA) is 63.2 Å². The monoisotopic (exact) mass is 441 g/mol. The lowest BCUT2D eigenvalue weighted by molar-refractivity contribution is 0.0973. The van der Waals surface area contributed by atoms with Crippen molar-refractivity contribution in [3.63, 3.8) is 0 Å². The van der Waals surface area contributed by atoms with Gasteiger partial charge >= 0.3 is 0 Å². The SMILES string of the molecule is CCCCCCOc1ccc(Br)cc1C(=O)NC(=S)Nc1nccs1. The third-order valence-electron chi connectivity index (χ3n) is 3.32. The van der Waals surface area contributed by atoms with Gasteiger partial charge in [0.05, 0.1) is 12.2 Å². The molecular formula is C17H20BrN3O2S2. The van der Waals surface area contributed by atoms with Crippen molar-refractivity contribution in [2.45, 2.75) is 32.6 Å². The molecule has 5 nitrogen and oxygen atoms in total. The summed E-state index contributed by atoms with van der Waals surface area (Å²) in [6, 6.07) is 5.36. The highest BCUT2D eigenvalue weighted by atomic mass is 79.9. The van der Waals surface area contributed by atoms with Crippen molar-refractivity contribution in [1.29, 1.82) is 0 Å². The summed E-state index contributed by atoms with van der Waals surface area (Å²) in [5.41, 5.74) is 0.438. The number of aromatic nitrogens is 1. The van der Waals surface area contributed by atoms with Crippen molar-refractivity contribution in [2.75, 3.05) is 11.9 Å². The number of amides is 1. The van der Waals surface area contributed by atoms with Crippen LogP contribution in [-0.2, 0) is 0 Å². The Balaban J connectivity index is 1.97. The number of thiazole rings is 1. The Morgan fingerprint density at radius 3 is 2.92 bits per heavy atom. The molecule has 0 aliphatic heterocycles. The van der Waals surface area contributed by atoms with E-state index in [-0.39, 0.29) is 11.0 Å². The largest absolute Gasteiger partial charge is 0.493 e. The first kappa shape index (κ1) is 19.8. The highest BCUT2D eigenvalue weighted by Gasteiger charge is 2.15. The number of anilines is 1. The quantitative estimate of drug-likeness (QED) is 0.446. The number of hydrogen-bond donors (Lipinski definition) is 2. The van der Waals surface area contributed by atoms with E-state index in [4.69, 9.17) is 17.0 Å². The number of nitrogens with zero attached hydrogens (tertiary/aromatic N) is 1. The molecule has 0 bridgehead atoms. The van der Waals surface area contributed by atoms with Gasteiger partial charge in [0.25, 0.3) is 5.91 Å². The van der Waals surface area contributed by atoms with Crippen LogP contribution in [0.3, 0.4) is 0 Å². The average molecular weight is 442 g/mol. The fourth-order valence-corrected chi connectivity index (χ4v) is 3.25. The van der Waals surface area contributed by atoms with E-state index in [1.54, 1.807) is 18.3 Å². The van der Waals surface area contributed by atoms with Gasteiger partial charge in [-0.1, -0.05) is 42.1 Å². The second kappa shape index (κ2) is 10.5. The summed E-state index contributed by atoms with van der Waals surface area (Å²) >= 11 is 9.95. The van der Waals surface area contributed by atoms with Gasteiger partial charge in [-0.25, -0.2) is 4.98 Å². The lowest BCUT2D eigenvalue weighted by Gasteiger charge is -2.13. The normalized spacial score (nSPS) is 10.3. The molecule has 0 fully saturated rings. The van der Waals surface area contributed by atoms with Crippen molar-refractivity contribution in [3.05, 3.63) is 39.8 Å². The molecule has 2 aromatic rings. The molecule has 0 aliphatic carbocycles. The highest BCUT2D eigenvalue weighted by molar-refractivity contribution is 9.10. The molecule has 0 aliphatic rings. The van der Waals surface area contributed by atoms with E-state index in [1.165, 1.54) is 24.2 Å². The minimum Gasteiger partial charge on any atom is -0.493 e. The van der Waals surface area contributed by atoms with Gasteiger partial charge < -0.3 is 10.1 Å². The van der Waals surface area contributed by atoms with Crippen LogP contribution in [0, 0.1) is 0 Å². The van der Waals surface area contributed by atoms with Gasteiger partial charge in [0.15, 0.2) is 10.2 Å². The minimum absolute atomic E-state index is 0.203. The van der Waals surface area contributed by atoms with Gasteiger partial charge in [-0.2, -0.15) is 0 Å². The number of unbranched alkanes of at least 4 members (excludes halogenated alkanes) is 3. The minimum atomic E-state index is -0.320. The molecule has 1 amide bonds. The second-order valence-corrected chi connectivity index (χ2v) is 7.51. The molecule has 0 radical (unpaired) electrons. The van der Waals surface area contributed by atoms with Gasteiger partial charge in [0, 0.05) is 16.0 Å². The fourth-order valence-electron chi connectivity index (χ4n) is 2.10. The van der Waals surface area contributed by atoms with E-state index >= 15 is 0 Å². The zero-order chi connectivity index (χ0) is 18.1. The fraction of sp³-hybridized carbons (Fsp3) is 0.353. The maximum atomic E-state index is 12.5. The molecule has 0 saturated heterocycles. The molecule has 8 heteroatoms. The van der Waals surface area contributed by atoms with Gasteiger partial charge in [-0.3, -0.25) is 10.1 Å². The van der Waals surface area contributed by atoms with Gasteiger partial charge in [-0.05, 0) is 36.8 Å². The van der Waals surface area contributed by atoms with Crippen molar-refractivity contribution >= 4 is 55.6 Å². The molecule has 134 valence electrons. The van der Waals surface area contributed by atoms with E-state index in [0.29, 0.717) is 23.1 Å². The Labute approximate surface area is 165 Å². The first-order chi connectivity index (χ1) is 12.1. The summed E-state index contributed by atoms with van der Waals surface area (Å²) in [5.74, 6) is 0.230. The van der Waals surface area contributed by atoms with Crippen LogP contribution < -0.4 is 15.4 Å². The van der Waals surface area contributed by atoms with Crippen molar-refractivity contribution < 1.29 is 9.53 Å². The number of halogens is 1. The van der Waals surface area contributed by atoms with Crippen LogP contribution in [0.4, 0.5) is 5.13 Å². The number of carbonyl (C=O) groups is 1. The number of thiocarbonyl (C=S) groups is 1. The van der Waals surface area contributed by atoms with Crippen LogP contribution in [-0.4, -0.2) is 22.6 Å². The first-order valence-electron chi connectivity index (χ1n) is 8.04. The molecule has 0 spiro atoms. The Kier molecular flexibility index (Phi) is 8.30. The molecule has 25 heavy (non-hydrogen) atoms. The Bertz CT molecular complexity index is 708. The second-order valence-electron chi connectivity index (χ2n) is 5.30. The molecule has 1 heterocycles. The summed E-state index contributed by atoms with van der Waals surface area (Å²) in [5, 5.41) is 8.20. The van der Waals surface area contributed by atoms with Gasteiger partial charge in [-0.15, -0.1) is 11.3 Å². The highest BCUT2D eigenvalue weighted by Crippen LogP contribution is 2.24. The van der Waals surface area contributed by atoms with Crippen molar-refractivity contribution in [1.82, 2.24) is 10.3 Å². The van der Waals surface area contributed by atoms with E-state index in [1.807, 2.05) is 11.4 Å². The van der Waals surface area contributed by atoms with E-state index in [2.05, 4.69) is 38.5 Å². The summed E-state index contributed by atoms with van der Waals surface area (Å²) in [4.78, 5) is 16.6. The summed E-state index contributed by atoms with van der Waals surface area (Å²) in [6.07, 6.45) is 6.12. The molecule has 0 atom stereocenters. The summed E-state index contributed by atoms with van der Waals surface area (Å²) in [6.45, 7) is 2.75. The first-order valence-corrected chi connectivity index (χ1v) is 10.1. The molecule has 1 aromatic heterocycles. The molecule has 0 saturated carbocycles. The van der Waals surface area contributed by atoms with Crippen molar-refractivity contribution in [2.24, 2.45) is 0 Å². The smallest absolute Gasteiger partial charge is 0.261 e. The van der Waals surface area contributed by atoms with E-state index in [0.717, 1.165) is 17.3 Å². The molecular weight excluding hydrogens is 422 g/mol. The summed E-state index contributed by atoms with van der Waals surface area (Å²) in [7, 11) is 0. The zero-order valence-corrected chi connectivity index (χ0v) is 17.1. The van der Waals surface area contributed by atoms with Crippen LogP contribution in [0.15, 0.2) is 34.2 Å². The molecule has 2 N–H and O–H groups in total. The predicted octanol–water partition coefficient (Wildman–Crippen LogP) is 4.99. The lowest BCUT2D eigenvalue weighted by atomic mass is 10.2. The molecule has 1 aromatic carbocycles. The molecule has 0 unspecified atom stereocenters. The average Bonchev–Trinajstić information content (AvgIpc) is 3.08. The third-order valence-corrected chi connectivity index (χ3v) is 4.71. The Morgan fingerprint density at radius 2 is 2.20 bits per heavy atom. The lowest BCUT2D eigenvalue weighted by Crippen LogP contribution is -2.34.